The molecule has 0 unspecified atom stereocenters. The fourth-order valence-corrected chi connectivity index (χ4v) is 3.14. The molecule has 0 aliphatic rings. The summed E-state index contributed by atoms with van der Waals surface area (Å²) in [5.74, 6) is -0.137. The van der Waals surface area contributed by atoms with Crippen LogP contribution in [-0.4, -0.2) is 12.5 Å². The average molecular weight is 360 g/mol. The Morgan fingerprint density at radius 2 is 2.16 bits per heavy atom. The van der Waals surface area contributed by atoms with E-state index in [0.717, 1.165) is 15.6 Å². The highest BCUT2D eigenvalue weighted by atomic mass is 79.9. The maximum atomic E-state index is 12.0. The van der Waals surface area contributed by atoms with Gasteiger partial charge in [-0.15, -0.1) is 11.3 Å². The first kappa shape index (κ1) is 14.4. The van der Waals surface area contributed by atoms with E-state index < -0.39 is 0 Å². The second-order valence-electron chi connectivity index (χ2n) is 3.92. The van der Waals surface area contributed by atoms with Crippen LogP contribution in [0, 0.1) is 0 Å². The number of halogens is 2. The summed E-state index contributed by atoms with van der Waals surface area (Å²) in [6.07, 6.45) is 0.767. The second kappa shape index (κ2) is 6.41. The quantitative estimate of drug-likeness (QED) is 0.818. The fraction of sp³-hybridized carbons (Fsp3) is 0.154. The molecule has 6 heteroatoms. The van der Waals surface area contributed by atoms with E-state index in [9.17, 15) is 4.79 Å². The van der Waals surface area contributed by atoms with Crippen LogP contribution >= 0.6 is 38.9 Å². The van der Waals surface area contributed by atoms with Gasteiger partial charge in [-0.2, -0.15) is 0 Å². The van der Waals surface area contributed by atoms with E-state index >= 15 is 0 Å². The summed E-state index contributed by atoms with van der Waals surface area (Å²) in [4.78, 5) is 13.1. The van der Waals surface area contributed by atoms with Crippen LogP contribution in [-0.2, 0) is 6.42 Å². The number of thiophene rings is 1. The smallest absolute Gasteiger partial charge is 0.252 e. The number of amides is 1. The number of carbonyl (C=O) groups is 1. The van der Waals surface area contributed by atoms with Crippen LogP contribution in [0.2, 0.25) is 4.34 Å². The minimum absolute atomic E-state index is 0.137. The van der Waals surface area contributed by atoms with E-state index in [2.05, 4.69) is 21.2 Å². The van der Waals surface area contributed by atoms with Crippen LogP contribution in [0.15, 0.2) is 34.8 Å². The molecule has 2 aromatic rings. The van der Waals surface area contributed by atoms with Crippen LogP contribution in [0.1, 0.15) is 15.2 Å². The van der Waals surface area contributed by atoms with Gasteiger partial charge in [0.15, 0.2) is 0 Å². The molecule has 0 saturated heterocycles. The summed E-state index contributed by atoms with van der Waals surface area (Å²) in [6, 6.07) is 9.06. The maximum Gasteiger partial charge on any atom is 0.252 e. The number of rotatable bonds is 4. The number of nitrogens with one attached hydrogen (secondary N) is 1. The Morgan fingerprint density at radius 1 is 1.37 bits per heavy atom. The molecular formula is C13H12BrClN2OS. The van der Waals surface area contributed by atoms with Crippen molar-refractivity contribution in [2.75, 3.05) is 12.3 Å². The number of carbonyl (C=O) groups excluding carboxylic acids is 1. The highest BCUT2D eigenvalue weighted by Gasteiger charge is 2.11. The predicted molar refractivity (Wildman–Crippen MR) is 83.9 cm³/mol. The van der Waals surface area contributed by atoms with Gasteiger partial charge in [-0.1, -0.05) is 17.7 Å². The Labute approximate surface area is 128 Å². The molecule has 0 spiro atoms. The largest absolute Gasteiger partial charge is 0.398 e. The van der Waals surface area contributed by atoms with E-state index in [4.69, 9.17) is 17.3 Å². The number of benzene rings is 1. The molecule has 19 heavy (non-hydrogen) atoms. The number of nitrogens with two attached hydrogens (primary N) is 1. The van der Waals surface area contributed by atoms with Gasteiger partial charge in [-0.3, -0.25) is 4.79 Å². The van der Waals surface area contributed by atoms with Crippen molar-refractivity contribution in [2.45, 2.75) is 6.42 Å². The lowest BCUT2D eigenvalue weighted by Crippen LogP contribution is -2.26. The van der Waals surface area contributed by atoms with E-state index in [1.54, 1.807) is 18.2 Å². The van der Waals surface area contributed by atoms with Gasteiger partial charge in [0.2, 0.25) is 0 Å². The molecule has 1 amide bonds. The molecule has 1 aromatic carbocycles. The number of hydrogen-bond acceptors (Lipinski definition) is 3. The molecule has 1 aromatic heterocycles. The third-order valence-electron chi connectivity index (χ3n) is 2.56. The zero-order chi connectivity index (χ0) is 13.8. The van der Waals surface area contributed by atoms with Crippen molar-refractivity contribution in [3.8, 4) is 0 Å². The molecule has 0 fully saturated rings. The van der Waals surface area contributed by atoms with Crippen molar-refractivity contribution in [1.29, 1.82) is 0 Å². The van der Waals surface area contributed by atoms with Crippen molar-refractivity contribution < 1.29 is 4.79 Å². The topological polar surface area (TPSA) is 55.1 Å². The van der Waals surface area contributed by atoms with Crippen molar-refractivity contribution in [3.05, 3.63) is 49.6 Å². The standard InChI is InChI=1S/C13H12BrClN2OS/c14-12-9(2-1-3-10(12)16)13(18)17-7-6-8-4-5-11(15)19-8/h1-5H,6-7,16H2,(H,17,18). The molecule has 0 atom stereocenters. The second-order valence-corrected chi connectivity index (χ2v) is 6.51. The molecule has 0 aliphatic heterocycles. The molecule has 2 rings (SSSR count). The summed E-state index contributed by atoms with van der Waals surface area (Å²) < 4.78 is 1.39. The summed E-state index contributed by atoms with van der Waals surface area (Å²) in [6.45, 7) is 0.566. The van der Waals surface area contributed by atoms with Crippen molar-refractivity contribution in [2.24, 2.45) is 0 Å². The lowest BCUT2D eigenvalue weighted by molar-refractivity contribution is 0.0953. The number of hydrogen-bond donors (Lipinski definition) is 2. The van der Waals surface area contributed by atoms with Crippen molar-refractivity contribution >= 4 is 50.5 Å². The van der Waals surface area contributed by atoms with Gasteiger partial charge in [-0.05, 0) is 46.6 Å². The summed E-state index contributed by atoms with van der Waals surface area (Å²) in [5, 5.41) is 2.86. The van der Waals surface area contributed by atoms with Gasteiger partial charge >= 0.3 is 0 Å². The van der Waals surface area contributed by atoms with Crippen molar-refractivity contribution in [1.82, 2.24) is 5.32 Å². The molecular weight excluding hydrogens is 348 g/mol. The molecule has 0 aliphatic carbocycles. The summed E-state index contributed by atoms with van der Waals surface area (Å²) in [5.41, 5.74) is 6.84. The molecule has 0 radical (unpaired) electrons. The zero-order valence-corrected chi connectivity index (χ0v) is 13.1. The van der Waals surface area contributed by atoms with Gasteiger partial charge in [0.25, 0.3) is 5.91 Å². The average Bonchev–Trinajstić information content (AvgIpc) is 2.78. The van der Waals surface area contributed by atoms with Crippen LogP contribution in [0.3, 0.4) is 0 Å². The zero-order valence-electron chi connectivity index (χ0n) is 9.95. The van der Waals surface area contributed by atoms with Gasteiger partial charge < -0.3 is 11.1 Å². The molecule has 0 bridgehead atoms. The monoisotopic (exact) mass is 358 g/mol. The number of anilines is 1. The van der Waals surface area contributed by atoms with Crippen LogP contribution in [0.5, 0.6) is 0 Å². The third kappa shape index (κ3) is 3.72. The Bertz CT molecular complexity index is 600. The minimum Gasteiger partial charge on any atom is -0.398 e. The maximum absolute atomic E-state index is 12.0. The molecule has 3 N–H and O–H groups in total. The summed E-state index contributed by atoms with van der Waals surface area (Å²) >= 11 is 10.7. The fourth-order valence-electron chi connectivity index (χ4n) is 1.61. The first-order valence-corrected chi connectivity index (χ1v) is 7.63. The lowest BCUT2D eigenvalue weighted by atomic mass is 10.2. The van der Waals surface area contributed by atoms with Gasteiger partial charge in [-0.25, -0.2) is 0 Å². The minimum atomic E-state index is -0.137. The van der Waals surface area contributed by atoms with Gasteiger partial charge in [0, 0.05) is 17.1 Å². The Balaban J connectivity index is 1.93. The first-order chi connectivity index (χ1) is 9.08. The van der Waals surface area contributed by atoms with Crippen LogP contribution < -0.4 is 11.1 Å². The van der Waals surface area contributed by atoms with Gasteiger partial charge in [0.1, 0.15) is 0 Å². The van der Waals surface area contributed by atoms with Crippen molar-refractivity contribution in [3.63, 3.8) is 0 Å². The molecule has 0 saturated carbocycles. The van der Waals surface area contributed by atoms with Gasteiger partial charge in [0.05, 0.1) is 14.4 Å². The molecule has 3 nitrogen and oxygen atoms in total. The lowest BCUT2D eigenvalue weighted by Gasteiger charge is -2.07. The highest BCUT2D eigenvalue weighted by Crippen LogP contribution is 2.24. The number of nitrogen functional groups attached to an aromatic ring is 1. The predicted octanol–water partition coefficient (Wildman–Crippen LogP) is 3.72. The van der Waals surface area contributed by atoms with Crippen LogP contribution in [0.25, 0.3) is 0 Å². The van der Waals surface area contributed by atoms with Crippen LogP contribution in [0.4, 0.5) is 5.69 Å². The molecule has 100 valence electrons. The Kier molecular flexibility index (Phi) is 4.85. The Morgan fingerprint density at radius 3 is 2.84 bits per heavy atom. The molecule has 1 heterocycles. The first-order valence-electron chi connectivity index (χ1n) is 5.64. The van der Waals surface area contributed by atoms with E-state index in [0.29, 0.717) is 22.3 Å². The van der Waals surface area contributed by atoms with E-state index in [-0.39, 0.29) is 5.91 Å². The van der Waals surface area contributed by atoms with E-state index in [1.165, 1.54) is 11.3 Å². The summed E-state index contributed by atoms with van der Waals surface area (Å²) in [7, 11) is 0. The van der Waals surface area contributed by atoms with E-state index in [1.807, 2.05) is 12.1 Å². The normalized spacial score (nSPS) is 10.4. The Hall–Kier alpha value is -1.04. The SMILES string of the molecule is Nc1cccc(C(=O)NCCc2ccc(Cl)s2)c1Br. The highest BCUT2D eigenvalue weighted by molar-refractivity contribution is 9.10. The third-order valence-corrected chi connectivity index (χ3v) is 4.73.